The molecule has 1 aromatic heterocycles. The molecule has 0 bridgehead atoms. The monoisotopic (exact) mass is 407 g/mol. The highest BCUT2D eigenvalue weighted by atomic mass is 16.2. The van der Waals surface area contributed by atoms with Crippen molar-refractivity contribution in [1.82, 2.24) is 19.8 Å². The van der Waals surface area contributed by atoms with E-state index in [-0.39, 0.29) is 11.9 Å². The Kier molecular flexibility index (Phi) is 6.04. The lowest BCUT2D eigenvalue weighted by molar-refractivity contribution is -0.132. The number of rotatable bonds is 4. The number of likely N-dealkylation sites (tertiary alicyclic amines) is 1. The summed E-state index contributed by atoms with van der Waals surface area (Å²) in [5, 5.41) is 3.62. The van der Waals surface area contributed by atoms with Crippen LogP contribution in [0.4, 0.5) is 5.82 Å². The van der Waals surface area contributed by atoms with E-state index in [9.17, 15) is 4.79 Å². The first-order chi connectivity index (χ1) is 14.4. The van der Waals surface area contributed by atoms with Gasteiger partial charge in [0.25, 0.3) is 0 Å². The average Bonchev–Trinajstić information content (AvgIpc) is 2.74. The molecule has 1 fully saturated rings. The zero-order valence-electron chi connectivity index (χ0n) is 18.7. The van der Waals surface area contributed by atoms with Crippen molar-refractivity contribution in [2.24, 2.45) is 0 Å². The highest BCUT2D eigenvalue weighted by molar-refractivity contribution is 5.73. The Morgan fingerprint density at radius 2 is 2.03 bits per heavy atom. The van der Waals surface area contributed by atoms with Crippen LogP contribution in [0.25, 0.3) is 0 Å². The Labute approximate surface area is 179 Å². The van der Waals surface area contributed by atoms with E-state index in [0.29, 0.717) is 0 Å². The smallest absolute Gasteiger partial charge is 0.220 e. The number of hydrogen-bond donors (Lipinski definition) is 1. The molecule has 2 aromatic rings. The molecule has 1 aromatic carbocycles. The Balaban J connectivity index is 1.68. The van der Waals surface area contributed by atoms with Crippen LogP contribution < -0.4 is 5.32 Å². The van der Waals surface area contributed by atoms with Crippen molar-refractivity contribution in [3.05, 3.63) is 52.0 Å². The second-order valence-corrected chi connectivity index (χ2v) is 8.78. The molecule has 1 amide bonds. The fourth-order valence-corrected chi connectivity index (χ4v) is 4.62. The molecule has 1 N–H and O–H groups in total. The van der Waals surface area contributed by atoms with E-state index in [0.717, 1.165) is 69.2 Å². The fourth-order valence-electron chi connectivity index (χ4n) is 4.62. The summed E-state index contributed by atoms with van der Waals surface area (Å²) >= 11 is 0. The molecule has 0 spiro atoms. The minimum Gasteiger partial charge on any atom is -0.366 e. The third kappa shape index (κ3) is 4.19. The lowest BCUT2D eigenvalue weighted by Crippen LogP contribution is -2.38. The summed E-state index contributed by atoms with van der Waals surface area (Å²) in [6.07, 6.45) is 4.04. The number of carbonyl (C=O) groups excluding carboxylic acids is 1. The van der Waals surface area contributed by atoms with Crippen molar-refractivity contribution in [2.75, 3.05) is 25.5 Å². The maximum Gasteiger partial charge on any atom is 0.220 e. The van der Waals surface area contributed by atoms with Gasteiger partial charge < -0.3 is 15.1 Å². The van der Waals surface area contributed by atoms with Crippen LogP contribution in [0.2, 0.25) is 0 Å². The van der Waals surface area contributed by atoms with E-state index in [1.54, 1.807) is 6.92 Å². The molecule has 6 heteroatoms. The molecule has 1 atom stereocenters. The van der Waals surface area contributed by atoms with Gasteiger partial charge in [0.2, 0.25) is 5.91 Å². The van der Waals surface area contributed by atoms with Gasteiger partial charge in [-0.1, -0.05) is 18.2 Å². The Hall–Kier alpha value is -2.47. The summed E-state index contributed by atoms with van der Waals surface area (Å²) in [6, 6.07) is 6.43. The standard InChI is InChI=1S/C24H33N5O/c1-16-8-7-9-19(17(16)2)14-25-23-20-15-28(4)13-11-21(20)26-24(27-23)22-10-5-6-12-29(22)18(3)30/h7-9,22H,5-6,10-15H2,1-4H3,(H,25,26,27)/t22-/m1/s1. The molecule has 0 radical (unpaired) electrons. The maximum atomic E-state index is 12.2. The second-order valence-electron chi connectivity index (χ2n) is 8.78. The number of benzene rings is 1. The van der Waals surface area contributed by atoms with Crippen molar-refractivity contribution in [3.63, 3.8) is 0 Å². The highest BCUT2D eigenvalue weighted by Crippen LogP contribution is 2.32. The first kappa shape index (κ1) is 20.8. The van der Waals surface area contributed by atoms with Crippen LogP contribution in [0, 0.1) is 13.8 Å². The first-order valence-electron chi connectivity index (χ1n) is 11.1. The first-order valence-corrected chi connectivity index (χ1v) is 11.1. The number of nitrogens with one attached hydrogen (secondary N) is 1. The maximum absolute atomic E-state index is 12.2. The largest absolute Gasteiger partial charge is 0.366 e. The number of anilines is 1. The lowest BCUT2D eigenvalue weighted by Gasteiger charge is -2.35. The van der Waals surface area contributed by atoms with Gasteiger partial charge in [0, 0.05) is 45.1 Å². The molecule has 6 nitrogen and oxygen atoms in total. The molecule has 0 aliphatic carbocycles. The molecule has 0 unspecified atom stereocenters. The van der Waals surface area contributed by atoms with Gasteiger partial charge in [-0.3, -0.25) is 4.79 Å². The summed E-state index contributed by atoms with van der Waals surface area (Å²) in [7, 11) is 2.14. The number of aromatic nitrogens is 2. The topological polar surface area (TPSA) is 61.4 Å². The van der Waals surface area contributed by atoms with Gasteiger partial charge in [0.1, 0.15) is 5.82 Å². The SMILES string of the molecule is CC(=O)N1CCCC[C@@H]1c1nc2c(c(NCc3cccc(C)c3C)n1)CN(C)CC2. The number of carbonyl (C=O) groups is 1. The summed E-state index contributed by atoms with van der Waals surface area (Å²) in [5.41, 5.74) is 6.24. The number of likely N-dealkylation sites (N-methyl/N-ethyl adjacent to an activating group) is 1. The third-order valence-electron chi connectivity index (χ3n) is 6.64. The van der Waals surface area contributed by atoms with E-state index >= 15 is 0 Å². The van der Waals surface area contributed by atoms with E-state index in [2.05, 4.69) is 49.3 Å². The predicted octanol–water partition coefficient (Wildman–Crippen LogP) is 3.77. The number of fused-ring (bicyclic) bond motifs is 1. The van der Waals surface area contributed by atoms with Crippen molar-refractivity contribution in [3.8, 4) is 0 Å². The number of nitrogens with zero attached hydrogens (tertiary/aromatic N) is 4. The van der Waals surface area contributed by atoms with Crippen molar-refractivity contribution >= 4 is 11.7 Å². The van der Waals surface area contributed by atoms with Crippen LogP contribution in [-0.2, 0) is 24.3 Å². The molecular formula is C24H33N5O. The molecule has 2 aliphatic heterocycles. The Morgan fingerprint density at radius 1 is 1.20 bits per heavy atom. The van der Waals surface area contributed by atoms with Gasteiger partial charge in [0.15, 0.2) is 5.82 Å². The van der Waals surface area contributed by atoms with Crippen LogP contribution in [0.3, 0.4) is 0 Å². The van der Waals surface area contributed by atoms with Crippen LogP contribution in [0.5, 0.6) is 0 Å². The quantitative estimate of drug-likeness (QED) is 0.836. The minimum absolute atomic E-state index is 0.0116. The molecule has 4 rings (SSSR count). The summed E-state index contributed by atoms with van der Waals surface area (Å²) in [6.45, 7) is 9.37. The predicted molar refractivity (Wildman–Crippen MR) is 119 cm³/mol. The van der Waals surface area contributed by atoms with Crippen LogP contribution in [-0.4, -0.2) is 45.8 Å². The van der Waals surface area contributed by atoms with Crippen molar-refractivity contribution in [2.45, 2.75) is 65.6 Å². The summed E-state index contributed by atoms with van der Waals surface area (Å²) < 4.78 is 0. The van der Waals surface area contributed by atoms with Gasteiger partial charge in [-0.05, 0) is 56.8 Å². The third-order valence-corrected chi connectivity index (χ3v) is 6.64. The number of aryl methyl sites for hydroxylation is 1. The van der Waals surface area contributed by atoms with E-state index in [1.807, 2.05) is 4.90 Å². The number of amides is 1. The van der Waals surface area contributed by atoms with Crippen LogP contribution in [0.1, 0.15) is 66.0 Å². The van der Waals surface area contributed by atoms with E-state index in [4.69, 9.17) is 9.97 Å². The average molecular weight is 408 g/mol. The molecular weight excluding hydrogens is 374 g/mol. The number of hydrogen-bond acceptors (Lipinski definition) is 5. The molecule has 30 heavy (non-hydrogen) atoms. The van der Waals surface area contributed by atoms with Gasteiger partial charge in [0.05, 0.1) is 11.7 Å². The molecule has 0 saturated carbocycles. The summed E-state index contributed by atoms with van der Waals surface area (Å²) in [4.78, 5) is 26.5. The Morgan fingerprint density at radius 3 is 2.83 bits per heavy atom. The highest BCUT2D eigenvalue weighted by Gasteiger charge is 2.30. The second kappa shape index (κ2) is 8.72. The molecule has 160 valence electrons. The fraction of sp³-hybridized carbons (Fsp3) is 0.542. The summed E-state index contributed by atoms with van der Waals surface area (Å²) in [5.74, 6) is 1.85. The normalized spacial score (nSPS) is 19.5. The van der Waals surface area contributed by atoms with Crippen molar-refractivity contribution < 1.29 is 4.79 Å². The van der Waals surface area contributed by atoms with Gasteiger partial charge in [-0.25, -0.2) is 9.97 Å². The lowest BCUT2D eigenvalue weighted by atomic mass is 10.00. The van der Waals surface area contributed by atoms with Gasteiger partial charge in [-0.15, -0.1) is 0 Å². The Bertz CT molecular complexity index is 941. The zero-order chi connectivity index (χ0) is 21.3. The van der Waals surface area contributed by atoms with Crippen molar-refractivity contribution in [1.29, 1.82) is 0 Å². The van der Waals surface area contributed by atoms with Gasteiger partial charge in [-0.2, -0.15) is 0 Å². The molecule has 3 heterocycles. The van der Waals surface area contributed by atoms with Crippen LogP contribution >= 0.6 is 0 Å². The molecule has 2 aliphatic rings. The van der Waals surface area contributed by atoms with Crippen LogP contribution in [0.15, 0.2) is 18.2 Å². The van der Waals surface area contributed by atoms with E-state index < -0.39 is 0 Å². The van der Waals surface area contributed by atoms with E-state index in [1.165, 1.54) is 22.3 Å². The number of piperidine rings is 1. The zero-order valence-corrected chi connectivity index (χ0v) is 18.7. The molecule has 1 saturated heterocycles. The van der Waals surface area contributed by atoms with Gasteiger partial charge >= 0.3 is 0 Å². The minimum atomic E-state index is -0.0116.